The first-order valence-corrected chi connectivity index (χ1v) is 7.59. The second-order valence-corrected chi connectivity index (χ2v) is 5.51. The molecule has 1 N–H and O–H groups in total. The molecule has 0 fully saturated rings. The van der Waals surface area contributed by atoms with E-state index in [0.717, 1.165) is 22.3 Å². The van der Waals surface area contributed by atoms with Crippen molar-refractivity contribution in [3.8, 4) is 0 Å². The maximum absolute atomic E-state index is 12.3. The zero-order chi connectivity index (χ0) is 15.3. The van der Waals surface area contributed by atoms with Crippen LogP contribution >= 0.6 is 15.9 Å². The van der Waals surface area contributed by atoms with Crippen molar-refractivity contribution < 1.29 is 13.2 Å². The second-order valence-electron chi connectivity index (χ2n) is 4.72. The molecule has 0 aliphatic rings. The van der Waals surface area contributed by atoms with Gasteiger partial charge in [-0.05, 0) is 42.7 Å². The van der Waals surface area contributed by atoms with Crippen molar-refractivity contribution in [1.29, 1.82) is 0 Å². The lowest BCUT2D eigenvalue weighted by atomic mass is 10.1. The first-order chi connectivity index (χ1) is 9.32. The van der Waals surface area contributed by atoms with E-state index in [-0.39, 0.29) is 12.5 Å². The average molecular weight is 356 g/mol. The van der Waals surface area contributed by atoms with Gasteiger partial charge in [-0.25, -0.2) is 0 Å². The molecule has 1 atom stereocenters. The molecule has 1 rings (SSSR count). The van der Waals surface area contributed by atoms with Gasteiger partial charge in [0.25, 0.3) is 0 Å². The molecule has 0 aliphatic heterocycles. The fourth-order valence-electron chi connectivity index (χ4n) is 2.13. The molecule has 0 saturated carbocycles. The lowest BCUT2D eigenvalue weighted by Crippen LogP contribution is -2.30. The van der Waals surface area contributed by atoms with Gasteiger partial charge in [-0.1, -0.05) is 6.92 Å². The molecule has 0 spiro atoms. The number of aryl methyl sites for hydroxylation is 2. The van der Waals surface area contributed by atoms with Crippen LogP contribution in [0.2, 0.25) is 0 Å². The maximum atomic E-state index is 12.3. The van der Waals surface area contributed by atoms with Crippen molar-refractivity contribution in [3.63, 3.8) is 0 Å². The molecular formula is C13H21BrF3N3. The van der Waals surface area contributed by atoms with Crippen molar-refractivity contribution >= 4 is 15.9 Å². The molecule has 1 aromatic rings. The fraction of sp³-hybridized carbons (Fsp3) is 0.769. The smallest absolute Gasteiger partial charge is 0.317 e. The highest BCUT2D eigenvalue weighted by Crippen LogP contribution is 2.26. The van der Waals surface area contributed by atoms with Gasteiger partial charge in [-0.15, -0.1) is 0 Å². The van der Waals surface area contributed by atoms with Gasteiger partial charge < -0.3 is 5.32 Å². The van der Waals surface area contributed by atoms with Crippen molar-refractivity contribution in [2.45, 2.75) is 58.3 Å². The molecule has 20 heavy (non-hydrogen) atoms. The number of aromatic nitrogens is 2. The highest BCUT2D eigenvalue weighted by molar-refractivity contribution is 9.10. The SMILES string of the molecule is CCc1nn(CC)c(CC(CCC(F)(F)F)NC)c1Br. The molecule has 3 nitrogen and oxygen atoms in total. The monoisotopic (exact) mass is 355 g/mol. The summed E-state index contributed by atoms with van der Waals surface area (Å²) in [6.45, 7) is 4.70. The van der Waals surface area contributed by atoms with E-state index in [1.165, 1.54) is 0 Å². The zero-order valence-corrected chi connectivity index (χ0v) is 13.6. The lowest BCUT2D eigenvalue weighted by Gasteiger charge is -2.18. The Balaban J connectivity index is 2.81. The van der Waals surface area contributed by atoms with E-state index in [9.17, 15) is 13.2 Å². The van der Waals surface area contributed by atoms with E-state index in [4.69, 9.17) is 0 Å². The van der Waals surface area contributed by atoms with Gasteiger partial charge in [0, 0.05) is 25.4 Å². The van der Waals surface area contributed by atoms with Crippen LogP contribution in [0.15, 0.2) is 4.47 Å². The number of nitrogens with one attached hydrogen (secondary N) is 1. The summed E-state index contributed by atoms with van der Waals surface area (Å²) >= 11 is 3.52. The fourth-order valence-corrected chi connectivity index (χ4v) is 2.86. The van der Waals surface area contributed by atoms with Crippen LogP contribution in [0.25, 0.3) is 0 Å². The number of hydrogen-bond acceptors (Lipinski definition) is 2. The Labute approximate surface area is 126 Å². The first kappa shape index (κ1) is 17.5. The molecule has 7 heteroatoms. The Kier molecular flexibility index (Phi) is 6.51. The number of likely N-dealkylation sites (N-methyl/N-ethyl adjacent to an activating group) is 1. The van der Waals surface area contributed by atoms with Crippen LogP contribution in [0, 0.1) is 0 Å². The van der Waals surface area contributed by atoms with E-state index in [2.05, 4.69) is 26.3 Å². The number of hydrogen-bond donors (Lipinski definition) is 1. The van der Waals surface area contributed by atoms with Crippen LogP contribution in [-0.2, 0) is 19.4 Å². The molecule has 0 radical (unpaired) electrons. The molecule has 1 unspecified atom stereocenters. The summed E-state index contributed by atoms with van der Waals surface area (Å²) in [6, 6.07) is -0.209. The van der Waals surface area contributed by atoms with Crippen molar-refractivity contribution in [2.24, 2.45) is 0 Å². The number of nitrogens with zero attached hydrogens (tertiary/aromatic N) is 2. The number of alkyl halides is 3. The van der Waals surface area contributed by atoms with Crippen molar-refractivity contribution in [3.05, 3.63) is 15.9 Å². The number of halogens is 4. The minimum Gasteiger partial charge on any atom is -0.317 e. The third-order valence-electron chi connectivity index (χ3n) is 3.32. The Morgan fingerprint density at radius 2 is 2.00 bits per heavy atom. The summed E-state index contributed by atoms with van der Waals surface area (Å²) in [5.74, 6) is 0. The highest BCUT2D eigenvalue weighted by atomic mass is 79.9. The van der Waals surface area contributed by atoms with Crippen molar-refractivity contribution in [2.75, 3.05) is 7.05 Å². The maximum Gasteiger partial charge on any atom is 0.389 e. The van der Waals surface area contributed by atoms with E-state index in [1.54, 1.807) is 7.05 Å². The Bertz CT molecular complexity index is 429. The van der Waals surface area contributed by atoms with Crippen LogP contribution in [0.4, 0.5) is 13.2 Å². The molecule has 0 aromatic carbocycles. The minimum atomic E-state index is -4.11. The second kappa shape index (κ2) is 7.45. The Morgan fingerprint density at radius 1 is 1.35 bits per heavy atom. The predicted octanol–water partition coefficient (Wildman–Crippen LogP) is 3.70. The molecule has 0 saturated heterocycles. The minimum absolute atomic E-state index is 0.0722. The van der Waals surface area contributed by atoms with Crippen molar-refractivity contribution in [1.82, 2.24) is 15.1 Å². The summed E-state index contributed by atoms with van der Waals surface area (Å²) in [4.78, 5) is 0. The van der Waals surface area contributed by atoms with Gasteiger partial charge in [0.1, 0.15) is 0 Å². The summed E-state index contributed by atoms with van der Waals surface area (Å²) in [7, 11) is 1.70. The van der Waals surface area contributed by atoms with Gasteiger partial charge in [-0.2, -0.15) is 18.3 Å². The molecule has 0 aliphatic carbocycles. The van der Waals surface area contributed by atoms with Gasteiger partial charge in [-0.3, -0.25) is 4.68 Å². The van der Waals surface area contributed by atoms with Crippen LogP contribution in [0.5, 0.6) is 0 Å². The average Bonchev–Trinajstić information content (AvgIpc) is 2.69. The molecule has 0 bridgehead atoms. The summed E-state index contributed by atoms with van der Waals surface area (Å²) < 4.78 is 39.7. The zero-order valence-electron chi connectivity index (χ0n) is 12.0. The van der Waals surface area contributed by atoms with Gasteiger partial charge in [0.15, 0.2) is 0 Å². The first-order valence-electron chi connectivity index (χ1n) is 6.80. The van der Waals surface area contributed by atoms with Crippen LogP contribution in [0.1, 0.15) is 38.1 Å². The van der Waals surface area contributed by atoms with Crippen LogP contribution < -0.4 is 5.32 Å². The van der Waals surface area contributed by atoms with Gasteiger partial charge in [0.2, 0.25) is 0 Å². The van der Waals surface area contributed by atoms with Gasteiger partial charge >= 0.3 is 6.18 Å². The third-order valence-corrected chi connectivity index (χ3v) is 4.23. The van der Waals surface area contributed by atoms with Gasteiger partial charge in [0.05, 0.1) is 15.9 Å². The predicted molar refractivity (Wildman–Crippen MR) is 76.8 cm³/mol. The normalized spacial score (nSPS) is 13.8. The standard InChI is InChI=1S/C13H21BrF3N3/c1-4-10-12(14)11(20(5-2)19-10)8-9(18-3)6-7-13(15,16)17/h9,18H,4-8H2,1-3H3. The molecule has 0 amide bonds. The third kappa shape index (κ3) is 4.77. The summed E-state index contributed by atoms with van der Waals surface area (Å²) in [5, 5.41) is 7.43. The highest BCUT2D eigenvalue weighted by Gasteiger charge is 2.28. The summed E-state index contributed by atoms with van der Waals surface area (Å²) in [6.07, 6.45) is -3.47. The van der Waals surface area contributed by atoms with Crippen LogP contribution in [-0.4, -0.2) is 29.0 Å². The molecule has 116 valence electrons. The Morgan fingerprint density at radius 3 is 2.45 bits per heavy atom. The number of rotatable bonds is 7. The topological polar surface area (TPSA) is 29.9 Å². The Hall–Kier alpha value is -0.560. The van der Waals surface area contributed by atoms with E-state index in [0.29, 0.717) is 13.0 Å². The molecule has 1 aromatic heterocycles. The quantitative estimate of drug-likeness (QED) is 0.807. The van der Waals surface area contributed by atoms with E-state index < -0.39 is 12.6 Å². The van der Waals surface area contributed by atoms with E-state index >= 15 is 0 Å². The largest absolute Gasteiger partial charge is 0.389 e. The lowest BCUT2D eigenvalue weighted by molar-refractivity contribution is -0.136. The summed E-state index contributed by atoms with van der Waals surface area (Å²) in [5.41, 5.74) is 1.92. The van der Waals surface area contributed by atoms with Crippen LogP contribution in [0.3, 0.4) is 0 Å². The van der Waals surface area contributed by atoms with E-state index in [1.807, 2.05) is 18.5 Å². The molecular weight excluding hydrogens is 335 g/mol. The molecule has 1 heterocycles.